The van der Waals surface area contributed by atoms with Crippen LogP contribution in [0.25, 0.3) is 28.3 Å². The largest absolute Gasteiger partial charge is 0.515 e. The Hall–Kier alpha value is -3.46. The first-order valence-corrected chi connectivity index (χ1v) is 7.33. The van der Waals surface area contributed by atoms with Crippen LogP contribution < -0.4 is 27.1 Å². The molecule has 0 aliphatic rings. The molecule has 0 bridgehead atoms. The number of H-pyrrole nitrogens is 1. The number of nitrogens with one attached hydrogen (secondary N) is 2. The SMILES string of the molecule is NCCNC(=O)c1ccc(=O)c2nc3/c(=C\O)c(O)cc(=O)c3[nH]c12. The van der Waals surface area contributed by atoms with Crippen molar-refractivity contribution in [3.8, 4) is 5.75 Å². The number of carbonyl (C=O) groups is 1. The average Bonchev–Trinajstić information content (AvgIpc) is 2.59. The van der Waals surface area contributed by atoms with Crippen molar-refractivity contribution >= 4 is 34.2 Å². The first-order chi connectivity index (χ1) is 12.0. The van der Waals surface area contributed by atoms with Crippen LogP contribution in [0.5, 0.6) is 5.75 Å². The molecule has 1 amide bonds. The Labute approximate surface area is 139 Å². The van der Waals surface area contributed by atoms with Gasteiger partial charge in [0.15, 0.2) is 0 Å². The summed E-state index contributed by atoms with van der Waals surface area (Å²) in [4.78, 5) is 43.3. The predicted octanol–water partition coefficient (Wildman–Crippen LogP) is -1.15. The maximum atomic E-state index is 12.2. The minimum absolute atomic E-state index is 0.0518. The summed E-state index contributed by atoms with van der Waals surface area (Å²) in [5.41, 5.74) is 4.26. The van der Waals surface area contributed by atoms with Gasteiger partial charge >= 0.3 is 0 Å². The lowest BCUT2D eigenvalue weighted by atomic mass is 10.1. The highest BCUT2D eigenvalue weighted by Crippen LogP contribution is 2.15. The van der Waals surface area contributed by atoms with E-state index < -0.39 is 22.5 Å². The number of amides is 1. The Bertz CT molecular complexity index is 1170. The van der Waals surface area contributed by atoms with Gasteiger partial charge in [-0.25, -0.2) is 4.98 Å². The van der Waals surface area contributed by atoms with E-state index in [9.17, 15) is 24.6 Å². The monoisotopic (exact) mass is 342 g/mol. The van der Waals surface area contributed by atoms with Crippen molar-refractivity contribution in [1.82, 2.24) is 15.3 Å². The molecule has 0 radical (unpaired) electrons. The zero-order valence-electron chi connectivity index (χ0n) is 12.9. The van der Waals surface area contributed by atoms with Crippen molar-refractivity contribution in [3.63, 3.8) is 0 Å². The van der Waals surface area contributed by atoms with Gasteiger partial charge in [0.25, 0.3) is 5.91 Å². The van der Waals surface area contributed by atoms with Gasteiger partial charge in [0.2, 0.25) is 10.9 Å². The van der Waals surface area contributed by atoms with E-state index in [0.717, 1.165) is 6.07 Å². The first-order valence-electron chi connectivity index (χ1n) is 7.33. The number of nitrogens with two attached hydrogens (primary N) is 1. The van der Waals surface area contributed by atoms with Crippen LogP contribution in [-0.4, -0.2) is 39.2 Å². The number of aliphatic hydroxyl groups is 1. The molecule has 0 aliphatic heterocycles. The van der Waals surface area contributed by atoms with Crippen LogP contribution >= 0.6 is 0 Å². The minimum Gasteiger partial charge on any atom is -0.515 e. The Morgan fingerprint density at radius 1 is 1.24 bits per heavy atom. The number of rotatable bonds is 3. The quantitative estimate of drug-likeness (QED) is 0.376. The molecule has 3 rings (SSSR count). The maximum absolute atomic E-state index is 12.2. The van der Waals surface area contributed by atoms with Crippen LogP contribution in [0.2, 0.25) is 0 Å². The third kappa shape index (κ3) is 2.66. The van der Waals surface area contributed by atoms with E-state index in [2.05, 4.69) is 15.3 Å². The normalized spacial score (nSPS) is 12.0. The van der Waals surface area contributed by atoms with Gasteiger partial charge < -0.3 is 26.2 Å². The fourth-order valence-electron chi connectivity index (χ4n) is 2.53. The molecule has 0 unspecified atom stereocenters. The summed E-state index contributed by atoms with van der Waals surface area (Å²) >= 11 is 0. The van der Waals surface area contributed by atoms with Crippen LogP contribution in [0, 0.1) is 0 Å². The number of carbonyl (C=O) groups excluding carboxylic acids is 1. The van der Waals surface area contributed by atoms with Crippen LogP contribution in [0.4, 0.5) is 0 Å². The number of aromatic nitrogens is 2. The molecular formula is C16H14N4O5. The van der Waals surface area contributed by atoms with Crippen LogP contribution in [-0.2, 0) is 0 Å². The zero-order valence-corrected chi connectivity index (χ0v) is 12.9. The number of nitrogens with zero attached hydrogens (tertiary/aromatic N) is 1. The van der Waals surface area contributed by atoms with Gasteiger partial charge in [-0.2, -0.15) is 0 Å². The highest BCUT2D eigenvalue weighted by molar-refractivity contribution is 6.06. The number of aliphatic hydroxyl groups excluding tert-OH is 1. The second kappa shape index (κ2) is 6.21. The van der Waals surface area contributed by atoms with E-state index in [1.54, 1.807) is 0 Å². The summed E-state index contributed by atoms with van der Waals surface area (Å²) < 4.78 is 0. The summed E-state index contributed by atoms with van der Waals surface area (Å²) in [6.07, 6.45) is 0.589. The third-order valence-electron chi connectivity index (χ3n) is 3.70. The van der Waals surface area contributed by atoms with E-state index in [-0.39, 0.29) is 45.9 Å². The average molecular weight is 342 g/mol. The van der Waals surface area contributed by atoms with Crippen molar-refractivity contribution in [2.45, 2.75) is 0 Å². The molecule has 1 aromatic heterocycles. The topological polar surface area (TPSA) is 158 Å². The van der Waals surface area contributed by atoms with Crippen LogP contribution in [0.15, 0.2) is 27.8 Å². The fourth-order valence-corrected chi connectivity index (χ4v) is 2.53. The van der Waals surface area contributed by atoms with Crippen molar-refractivity contribution in [1.29, 1.82) is 0 Å². The lowest BCUT2D eigenvalue weighted by Gasteiger charge is -2.08. The van der Waals surface area contributed by atoms with E-state index >= 15 is 0 Å². The maximum Gasteiger partial charge on any atom is 0.253 e. The Kier molecular flexibility index (Phi) is 4.07. The van der Waals surface area contributed by atoms with Gasteiger partial charge in [-0.1, -0.05) is 0 Å². The molecule has 25 heavy (non-hydrogen) atoms. The fraction of sp³-hybridized carbons (Fsp3) is 0.125. The lowest BCUT2D eigenvalue weighted by molar-refractivity contribution is 0.0956. The Morgan fingerprint density at radius 3 is 2.68 bits per heavy atom. The molecule has 0 saturated heterocycles. The number of hydrogen-bond donors (Lipinski definition) is 5. The molecule has 9 heteroatoms. The highest BCUT2D eigenvalue weighted by atomic mass is 16.3. The number of fused-ring (bicyclic) bond motifs is 2. The molecule has 6 N–H and O–H groups in total. The van der Waals surface area contributed by atoms with E-state index in [0.29, 0.717) is 6.26 Å². The third-order valence-corrected chi connectivity index (χ3v) is 3.70. The van der Waals surface area contributed by atoms with Gasteiger partial charge in [0.05, 0.1) is 22.6 Å². The summed E-state index contributed by atoms with van der Waals surface area (Å²) in [6.45, 7) is 0.485. The van der Waals surface area contributed by atoms with E-state index in [1.165, 1.54) is 12.1 Å². The molecule has 9 nitrogen and oxygen atoms in total. The second-order valence-electron chi connectivity index (χ2n) is 5.28. The number of benzene rings is 2. The van der Waals surface area contributed by atoms with Crippen LogP contribution in [0.3, 0.4) is 0 Å². The molecule has 128 valence electrons. The molecule has 0 fully saturated rings. The molecular weight excluding hydrogens is 328 g/mol. The van der Waals surface area contributed by atoms with Gasteiger partial charge in [0, 0.05) is 19.2 Å². The summed E-state index contributed by atoms with van der Waals surface area (Å²) in [5, 5.41) is 21.5. The molecule has 0 saturated carbocycles. The van der Waals surface area contributed by atoms with E-state index in [1.807, 2.05) is 0 Å². The number of phenolic OH excluding ortho intramolecular Hbond substituents is 1. The van der Waals surface area contributed by atoms with E-state index in [4.69, 9.17) is 5.73 Å². The predicted molar refractivity (Wildman–Crippen MR) is 91.5 cm³/mol. The van der Waals surface area contributed by atoms with Crippen molar-refractivity contribution in [3.05, 3.63) is 49.4 Å². The molecule has 3 aromatic rings. The number of phenols is 1. The molecule has 0 spiro atoms. The standard InChI is InChI=1S/C16H14N4O5/c17-3-4-18-16(25)7-1-2-9(22)14-12(7)19-15-11(24)5-10(23)8(6-21)13(15)20-14/h1-2,5-6,19,21,23H,3-4,17H2,(H,18,25)/b8-6-. The lowest BCUT2D eigenvalue weighted by Crippen LogP contribution is -2.29. The zero-order chi connectivity index (χ0) is 18.1. The molecule has 0 aliphatic carbocycles. The molecule has 1 heterocycles. The van der Waals surface area contributed by atoms with Crippen molar-refractivity contribution < 1.29 is 15.0 Å². The Morgan fingerprint density at radius 2 is 2.00 bits per heavy atom. The summed E-state index contributed by atoms with van der Waals surface area (Å²) in [7, 11) is 0. The smallest absolute Gasteiger partial charge is 0.253 e. The van der Waals surface area contributed by atoms with Gasteiger partial charge in [-0.05, 0) is 12.1 Å². The number of aromatic amines is 1. The van der Waals surface area contributed by atoms with Crippen molar-refractivity contribution in [2.24, 2.45) is 5.73 Å². The minimum atomic E-state index is -0.600. The summed E-state index contributed by atoms with van der Waals surface area (Å²) in [5.74, 6) is -0.947. The number of hydrogen-bond acceptors (Lipinski definition) is 7. The summed E-state index contributed by atoms with van der Waals surface area (Å²) in [6, 6.07) is 3.41. The molecule has 2 aromatic carbocycles. The van der Waals surface area contributed by atoms with Gasteiger partial charge in [-0.3, -0.25) is 14.4 Å². The molecule has 0 atom stereocenters. The van der Waals surface area contributed by atoms with Gasteiger partial charge in [0.1, 0.15) is 22.3 Å². The van der Waals surface area contributed by atoms with Crippen LogP contribution in [0.1, 0.15) is 10.4 Å². The van der Waals surface area contributed by atoms with Gasteiger partial charge in [-0.15, -0.1) is 0 Å². The Balaban J connectivity index is 2.44. The second-order valence-corrected chi connectivity index (χ2v) is 5.28. The van der Waals surface area contributed by atoms with Crippen molar-refractivity contribution in [2.75, 3.05) is 13.1 Å². The first kappa shape index (κ1) is 16.4. The highest BCUT2D eigenvalue weighted by Gasteiger charge is 2.16. The number of aromatic hydroxyl groups is 1.